The van der Waals surface area contributed by atoms with Gasteiger partial charge < -0.3 is 10.1 Å². The van der Waals surface area contributed by atoms with Crippen LogP contribution in [0.4, 0.5) is 0 Å². The maximum atomic E-state index is 5.68. The minimum absolute atomic E-state index is 0.517. The van der Waals surface area contributed by atoms with Crippen LogP contribution in [0.15, 0.2) is 36.8 Å². The molecular weight excluding hydrogens is 238 g/mol. The van der Waals surface area contributed by atoms with Gasteiger partial charge in [0, 0.05) is 24.5 Å². The lowest BCUT2D eigenvalue weighted by Gasteiger charge is -2.07. The number of aromatic nitrogens is 2. The Morgan fingerprint density at radius 3 is 2.79 bits per heavy atom. The maximum Gasteiger partial charge on any atom is 0.138 e. The number of nitrogens with zero attached hydrogens (tertiary/aromatic N) is 2. The minimum Gasteiger partial charge on any atom is -0.487 e. The first kappa shape index (κ1) is 13.5. The summed E-state index contributed by atoms with van der Waals surface area (Å²) in [6.07, 6.45) is 5.41. The topological polar surface area (TPSA) is 47.0 Å². The van der Waals surface area contributed by atoms with E-state index in [2.05, 4.69) is 28.3 Å². The van der Waals surface area contributed by atoms with E-state index in [4.69, 9.17) is 4.74 Å². The van der Waals surface area contributed by atoms with E-state index in [9.17, 15) is 0 Å². The van der Waals surface area contributed by atoms with E-state index in [0.29, 0.717) is 6.61 Å². The molecule has 4 nitrogen and oxygen atoms in total. The second kappa shape index (κ2) is 6.85. The standard InChI is InChI=1S/C15H19N3O/c1-3-16-9-14-4-5-15(10-18-14)19-11-13-6-12(2)7-17-8-13/h4-8,10,16H,3,9,11H2,1-2H3. The molecule has 19 heavy (non-hydrogen) atoms. The molecule has 0 spiro atoms. The number of pyridine rings is 2. The first-order chi connectivity index (χ1) is 9.28. The van der Waals surface area contributed by atoms with E-state index in [1.807, 2.05) is 31.5 Å². The SMILES string of the molecule is CCNCc1ccc(OCc2cncc(C)c2)cn1. The van der Waals surface area contributed by atoms with E-state index in [0.717, 1.165) is 35.7 Å². The van der Waals surface area contributed by atoms with Gasteiger partial charge in [0.05, 0.1) is 11.9 Å². The van der Waals surface area contributed by atoms with Crippen molar-refractivity contribution in [1.82, 2.24) is 15.3 Å². The summed E-state index contributed by atoms with van der Waals surface area (Å²) in [6.45, 7) is 6.35. The Kier molecular flexibility index (Phi) is 4.86. The van der Waals surface area contributed by atoms with Crippen molar-refractivity contribution in [3.63, 3.8) is 0 Å². The summed E-state index contributed by atoms with van der Waals surface area (Å²) in [5.41, 5.74) is 3.23. The summed E-state index contributed by atoms with van der Waals surface area (Å²) in [4.78, 5) is 8.48. The van der Waals surface area contributed by atoms with Crippen molar-refractivity contribution in [2.45, 2.75) is 27.0 Å². The zero-order valence-corrected chi connectivity index (χ0v) is 11.4. The van der Waals surface area contributed by atoms with Crippen molar-refractivity contribution in [3.8, 4) is 5.75 Å². The Bertz CT molecular complexity index is 511. The fourth-order valence-corrected chi connectivity index (χ4v) is 1.72. The van der Waals surface area contributed by atoms with Gasteiger partial charge in [0.1, 0.15) is 12.4 Å². The van der Waals surface area contributed by atoms with Gasteiger partial charge in [-0.3, -0.25) is 9.97 Å². The van der Waals surface area contributed by atoms with Crippen LogP contribution in [0.2, 0.25) is 0 Å². The highest BCUT2D eigenvalue weighted by Gasteiger charge is 1.99. The van der Waals surface area contributed by atoms with Crippen molar-refractivity contribution in [2.24, 2.45) is 0 Å². The minimum atomic E-state index is 0.517. The van der Waals surface area contributed by atoms with Gasteiger partial charge in [0.2, 0.25) is 0 Å². The number of rotatable bonds is 6. The number of hydrogen-bond acceptors (Lipinski definition) is 4. The third-order valence-corrected chi connectivity index (χ3v) is 2.69. The van der Waals surface area contributed by atoms with Crippen LogP contribution in [0.5, 0.6) is 5.75 Å². The van der Waals surface area contributed by atoms with Gasteiger partial charge in [-0.2, -0.15) is 0 Å². The first-order valence-corrected chi connectivity index (χ1v) is 6.47. The average Bonchev–Trinajstić information content (AvgIpc) is 2.44. The third kappa shape index (κ3) is 4.34. The summed E-state index contributed by atoms with van der Waals surface area (Å²) in [7, 11) is 0. The molecular formula is C15H19N3O. The molecule has 0 fully saturated rings. The summed E-state index contributed by atoms with van der Waals surface area (Å²) in [5, 5.41) is 3.24. The largest absolute Gasteiger partial charge is 0.487 e. The molecule has 4 heteroatoms. The van der Waals surface area contributed by atoms with Crippen LogP contribution < -0.4 is 10.1 Å². The van der Waals surface area contributed by atoms with Gasteiger partial charge in [-0.15, -0.1) is 0 Å². The van der Waals surface area contributed by atoms with E-state index in [-0.39, 0.29) is 0 Å². The number of nitrogens with one attached hydrogen (secondary N) is 1. The molecule has 0 radical (unpaired) electrons. The Balaban J connectivity index is 1.89. The second-order valence-electron chi connectivity index (χ2n) is 4.42. The quantitative estimate of drug-likeness (QED) is 0.863. The number of aryl methyl sites for hydroxylation is 1. The van der Waals surface area contributed by atoms with Crippen LogP contribution >= 0.6 is 0 Å². The molecule has 0 atom stereocenters. The van der Waals surface area contributed by atoms with Crippen molar-refractivity contribution >= 4 is 0 Å². The van der Waals surface area contributed by atoms with Gasteiger partial charge in [-0.1, -0.05) is 6.92 Å². The highest BCUT2D eigenvalue weighted by molar-refractivity contribution is 5.21. The summed E-state index contributed by atoms with van der Waals surface area (Å²) >= 11 is 0. The fraction of sp³-hybridized carbons (Fsp3) is 0.333. The van der Waals surface area contributed by atoms with E-state index < -0.39 is 0 Å². The Labute approximate surface area is 113 Å². The Morgan fingerprint density at radius 1 is 1.21 bits per heavy atom. The number of ether oxygens (including phenoxy) is 1. The predicted octanol–water partition coefficient (Wildman–Crippen LogP) is 2.47. The zero-order valence-electron chi connectivity index (χ0n) is 11.4. The van der Waals surface area contributed by atoms with Gasteiger partial charge >= 0.3 is 0 Å². The summed E-state index contributed by atoms with van der Waals surface area (Å²) in [6, 6.07) is 6.00. The van der Waals surface area contributed by atoms with Crippen molar-refractivity contribution in [3.05, 3.63) is 53.6 Å². The molecule has 0 unspecified atom stereocenters. The zero-order chi connectivity index (χ0) is 13.5. The van der Waals surface area contributed by atoms with Gasteiger partial charge in [-0.25, -0.2) is 0 Å². The van der Waals surface area contributed by atoms with Gasteiger partial charge in [0.15, 0.2) is 0 Å². The van der Waals surface area contributed by atoms with Gasteiger partial charge in [-0.05, 0) is 37.2 Å². The molecule has 0 aromatic carbocycles. The molecule has 2 heterocycles. The fourth-order valence-electron chi connectivity index (χ4n) is 1.72. The van der Waals surface area contributed by atoms with Crippen LogP contribution in [0.25, 0.3) is 0 Å². The van der Waals surface area contributed by atoms with E-state index in [1.54, 1.807) is 6.20 Å². The molecule has 1 N–H and O–H groups in total. The van der Waals surface area contributed by atoms with E-state index >= 15 is 0 Å². The summed E-state index contributed by atoms with van der Waals surface area (Å²) in [5.74, 6) is 0.779. The van der Waals surface area contributed by atoms with Crippen molar-refractivity contribution < 1.29 is 4.74 Å². The normalized spacial score (nSPS) is 10.4. The lowest BCUT2D eigenvalue weighted by molar-refractivity contribution is 0.304. The maximum absolute atomic E-state index is 5.68. The molecule has 2 aromatic rings. The average molecular weight is 257 g/mol. The van der Waals surface area contributed by atoms with Crippen molar-refractivity contribution in [1.29, 1.82) is 0 Å². The smallest absolute Gasteiger partial charge is 0.138 e. The Hall–Kier alpha value is -1.94. The van der Waals surface area contributed by atoms with Crippen molar-refractivity contribution in [2.75, 3.05) is 6.54 Å². The molecule has 2 rings (SSSR count). The van der Waals surface area contributed by atoms with Crippen LogP contribution in [-0.4, -0.2) is 16.5 Å². The van der Waals surface area contributed by atoms with Crippen LogP contribution in [-0.2, 0) is 13.2 Å². The molecule has 0 aliphatic heterocycles. The number of hydrogen-bond donors (Lipinski definition) is 1. The van der Waals surface area contributed by atoms with E-state index in [1.165, 1.54) is 0 Å². The molecule has 0 bridgehead atoms. The monoisotopic (exact) mass is 257 g/mol. The molecule has 0 saturated carbocycles. The second-order valence-corrected chi connectivity index (χ2v) is 4.42. The third-order valence-electron chi connectivity index (χ3n) is 2.69. The molecule has 0 aliphatic rings. The lowest BCUT2D eigenvalue weighted by Crippen LogP contribution is -2.12. The molecule has 0 aliphatic carbocycles. The van der Waals surface area contributed by atoms with Crippen LogP contribution in [0.3, 0.4) is 0 Å². The highest BCUT2D eigenvalue weighted by atomic mass is 16.5. The summed E-state index contributed by atoms with van der Waals surface area (Å²) < 4.78 is 5.68. The molecule has 0 amide bonds. The molecule has 0 saturated heterocycles. The first-order valence-electron chi connectivity index (χ1n) is 6.47. The molecule has 2 aromatic heterocycles. The van der Waals surface area contributed by atoms with Crippen LogP contribution in [0.1, 0.15) is 23.7 Å². The predicted molar refractivity (Wildman–Crippen MR) is 74.9 cm³/mol. The Morgan fingerprint density at radius 2 is 2.11 bits per heavy atom. The van der Waals surface area contributed by atoms with Gasteiger partial charge in [0.25, 0.3) is 0 Å². The highest BCUT2D eigenvalue weighted by Crippen LogP contribution is 2.12. The van der Waals surface area contributed by atoms with Crippen LogP contribution in [0, 0.1) is 6.92 Å². The molecule has 100 valence electrons. The lowest BCUT2D eigenvalue weighted by atomic mass is 10.2.